The van der Waals surface area contributed by atoms with Gasteiger partial charge in [0.25, 0.3) is 5.91 Å². The minimum atomic E-state index is -0.552. The predicted molar refractivity (Wildman–Crippen MR) is 90.3 cm³/mol. The molecule has 7 heteroatoms. The fourth-order valence-electron chi connectivity index (χ4n) is 2.08. The number of amides is 1. The number of nitrogens with zero attached hydrogens (tertiary/aromatic N) is 1. The van der Waals surface area contributed by atoms with Crippen molar-refractivity contribution in [3.8, 4) is 5.75 Å². The van der Waals surface area contributed by atoms with Crippen LogP contribution in [0.3, 0.4) is 0 Å². The Morgan fingerprint density at radius 2 is 1.92 bits per heavy atom. The lowest BCUT2D eigenvalue weighted by molar-refractivity contribution is -0.124. The molecule has 0 saturated carbocycles. The van der Waals surface area contributed by atoms with E-state index >= 15 is 0 Å². The number of benzene rings is 1. The lowest BCUT2D eigenvalue weighted by Crippen LogP contribution is -2.29. The molecule has 1 amide bonds. The van der Waals surface area contributed by atoms with Gasteiger partial charge in [0.05, 0.1) is 16.8 Å². The highest BCUT2D eigenvalue weighted by atomic mass is 16.5. The standard InChI is InChI=1S/C18H22N2O5/c1-4-9-19-17(21)11-24-18(22)14-5-7-15(8-6-14)23-10-16-12(2)20-25-13(16)3/h5-8H,4,9-11H2,1-3H3,(H,19,21). The lowest BCUT2D eigenvalue weighted by atomic mass is 10.2. The first kappa shape index (κ1) is 18.5. The average Bonchev–Trinajstić information content (AvgIpc) is 2.94. The molecule has 0 aliphatic rings. The molecule has 134 valence electrons. The maximum Gasteiger partial charge on any atom is 0.338 e. The van der Waals surface area contributed by atoms with Crippen molar-refractivity contribution in [2.45, 2.75) is 33.8 Å². The molecular weight excluding hydrogens is 324 g/mol. The molecule has 2 aromatic rings. The van der Waals surface area contributed by atoms with Crippen molar-refractivity contribution in [2.24, 2.45) is 0 Å². The smallest absolute Gasteiger partial charge is 0.338 e. The van der Waals surface area contributed by atoms with Crippen LogP contribution in [0, 0.1) is 13.8 Å². The second kappa shape index (κ2) is 8.86. The molecule has 0 aliphatic heterocycles. The van der Waals surface area contributed by atoms with Crippen LogP contribution in [-0.2, 0) is 16.1 Å². The summed E-state index contributed by atoms with van der Waals surface area (Å²) in [6, 6.07) is 6.53. The van der Waals surface area contributed by atoms with Gasteiger partial charge < -0.3 is 19.3 Å². The number of carbonyl (C=O) groups excluding carboxylic acids is 2. The Morgan fingerprint density at radius 3 is 2.52 bits per heavy atom. The van der Waals surface area contributed by atoms with Gasteiger partial charge in [-0.3, -0.25) is 4.79 Å². The predicted octanol–water partition coefficient (Wildman–Crippen LogP) is 2.55. The molecule has 7 nitrogen and oxygen atoms in total. The molecule has 1 aromatic heterocycles. The highest BCUT2D eigenvalue weighted by molar-refractivity contribution is 5.91. The highest BCUT2D eigenvalue weighted by Gasteiger charge is 2.12. The first-order valence-corrected chi connectivity index (χ1v) is 8.09. The van der Waals surface area contributed by atoms with Gasteiger partial charge in [0.1, 0.15) is 18.1 Å². The summed E-state index contributed by atoms with van der Waals surface area (Å²) < 4.78 is 15.7. The normalized spacial score (nSPS) is 10.4. The quantitative estimate of drug-likeness (QED) is 0.739. The van der Waals surface area contributed by atoms with Crippen LogP contribution in [0.25, 0.3) is 0 Å². The number of carbonyl (C=O) groups is 2. The summed E-state index contributed by atoms with van der Waals surface area (Å²) in [5.74, 6) is 0.467. The van der Waals surface area contributed by atoms with Crippen LogP contribution in [0.4, 0.5) is 0 Å². The molecular formula is C18H22N2O5. The van der Waals surface area contributed by atoms with Gasteiger partial charge in [-0.1, -0.05) is 12.1 Å². The Labute approximate surface area is 146 Å². The first-order valence-electron chi connectivity index (χ1n) is 8.09. The minimum absolute atomic E-state index is 0.289. The van der Waals surface area contributed by atoms with Crippen molar-refractivity contribution < 1.29 is 23.6 Å². The van der Waals surface area contributed by atoms with E-state index in [2.05, 4.69) is 10.5 Å². The fourth-order valence-corrected chi connectivity index (χ4v) is 2.08. The van der Waals surface area contributed by atoms with E-state index in [4.69, 9.17) is 14.0 Å². The monoisotopic (exact) mass is 346 g/mol. The highest BCUT2D eigenvalue weighted by Crippen LogP contribution is 2.18. The molecule has 0 atom stereocenters. The molecule has 0 saturated heterocycles. The Bertz CT molecular complexity index is 702. The van der Waals surface area contributed by atoms with Crippen LogP contribution >= 0.6 is 0 Å². The van der Waals surface area contributed by atoms with Gasteiger partial charge in [-0.05, 0) is 44.5 Å². The lowest BCUT2D eigenvalue weighted by Gasteiger charge is -2.08. The minimum Gasteiger partial charge on any atom is -0.489 e. The molecule has 1 aromatic carbocycles. The summed E-state index contributed by atoms with van der Waals surface area (Å²) in [6.07, 6.45) is 0.828. The molecule has 0 aliphatic carbocycles. The van der Waals surface area contributed by atoms with Crippen molar-refractivity contribution in [3.63, 3.8) is 0 Å². The van der Waals surface area contributed by atoms with Gasteiger partial charge in [0, 0.05) is 6.54 Å². The van der Waals surface area contributed by atoms with E-state index < -0.39 is 5.97 Å². The largest absolute Gasteiger partial charge is 0.489 e. The van der Waals surface area contributed by atoms with Crippen LogP contribution in [-0.4, -0.2) is 30.2 Å². The number of esters is 1. The number of hydrogen-bond donors (Lipinski definition) is 1. The van der Waals surface area contributed by atoms with E-state index in [9.17, 15) is 9.59 Å². The topological polar surface area (TPSA) is 90.7 Å². The summed E-state index contributed by atoms with van der Waals surface area (Å²) in [5.41, 5.74) is 2.05. The second-order valence-electron chi connectivity index (χ2n) is 5.54. The summed E-state index contributed by atoms with van der Waals surface area (Å²) in [6.45, 7) is 6.24. The number of hydrogen-bond acceptors (Lipinski definition) is 6. The third kappa shape index (κ3) is 5.34. The van der Waals surface area contributed by atoms with Crippen molar-refractivity contribution in [1.82, 2.24) is 10.5 Å². The van der Waals surface area contributed by atoms with Crippen molar-refractivity contribution in [2.75, 3.05) is 13.2 Å². The zero-order chi connectivity index (χ0) is 18.2. The Hall–Kier alpha value is -2.83. The van der Waals surface area contributed by atoms with Crippen molar-refractivity contribution >= 4 is 11.9 Å². The van der Waals surface area contributed by atoms with Crippen LogP contribution in [0.15, 0.2) is 28.8 Å². The molecule has 0 fully saturated rings. The van der Waals surface area contributed by atoms with E-state index in [0.29, 0.717) is 24.5 Å². The SMILES string of the molecule is CCCNC(=O)COC(=O)c1ccc(OCc2c(C)noc2C)cc1. The van der Waals surface area contributed by atoms with Crippen LogP contribution in [0.1, 0.15) is 40.7 Å². The van der Waals surface area contributed by atoms with Crippen LogP contribution in [0.2, 0.25) is 0 Å². The summed E-state index contributed by atoms with van der Waals surface area (Å²) >= 11 is 0. The van der Waals surface area contributed by atoms with Gasteiger partial charge in [-0.2, -0.15) is 0 Å². The fraction of sp³-hybridized carbons (Fsp3) is 0.389. The van der Waals surface area contributed by atoms with E-state index in [-0.39, 0.29) is 12.5 Å². The third-order valence-electron chi connectivity index (χ3n) is 3.56. The maximum absolute atomic E-state index is 11.9. The molecule has 25 heavy (non-hydrogen) atoms. The van der Waals surface area contributed by atoms with E-state index in [1.54, 1.807) is 24.3 Å². The Morgan fingerprint density at radius 1 is 1.20 bits per heavy atom. The number of nitrogens with one attached hydrogen (secondary N) is 1. The average molecular weight is 346 g/mol. The molecule has 1 N–H and O–H groups in total. The Kier molecular flexibility index (Phi) is 6.56. The number of aryl methyl sites for hydroxylation is 2. The Balaban J connectivity index is 1.84. The molecule has 1 heterocycles. The van der Waals surface area contributed by atoms with Gasteiger partial charge in [0.2, 0.25) is 0 Å². The molecule has 0 bridgehead atoms. The van der Waals surface area contributed by atoms with Gasteiger partial charge in [-0.15, -0.1) is 0 Å². The van der Waals surface area contributed by atoms with E-state index in [0.717, 1.165) is 23.4 Å². The van der Waals surface area contributed by atoms with Crippen LogP contribution < -0.4 is 10.1 Å². The second-order valence-corrected chi connectivity index (χ2v) is 5.54. The summed E-state index contributed by atoms with van der Waals surface area (Å²) in [4.78, 5) is 23.3. The van der Waals surface area contributed by atoms with Crippen LogP contribution in [0.5, 0.6) is 5.75 Å². The van der Waals surface area contributed by atoms with Crippen molar-refractivity contribution in [3.05, 3.63) is 46.8 Å². The third-order valence-corrected chi connectivity index (χ3v) is 3.56. The maximum atomic E-state index is 11.9. The molecule has 0 spiro atoms. The molecule has 2 rings (SSSR count). The first-order chi connectivity index (χ1) is 12.0. The van der Waals surface area contributed by atoms with E-state index in [1.165, 1.54) is 0 Å². The van der Waals surface area contributed by atoms with Gasteiger partial charge in [-0.25, -0.2) is 4.79 Å². The number of aromatic nitrogens is 1. The molecule has 0 radical (unpaired) electrons. The zero-order valence-corrected chi connectivity index (χ0v) is 14.6. The summed E-state index contributed by atoms with van der Waals surface area (Å²) in [5, 5.41) is 6.51. The number of ether oxygens (including phenoxy) is 2. The van der Waals surface area contributed by atoms with Gasteiger partial charge >= 0.3 is 5.97 Å². The van der Waals surface area contributed by atoms with Crippen molar-refractivity contribution in [1.29, 1.82) is 0 Å². The molecule has 0 unspecified atom stereocenters. The van der Waals surface area contributed by atoms with Gasteiger partial charge in [0.15, 0.2) is 6.61 Å². The number of rotatable bonds is 8. The summed E-state index contributed by atoms with van der Waals surface area (Å²) in [7, 11) is 0. The zero-order valence-electron chi connectivity index (χ0n) is 14.6. The van der Waals surface area contributed by atoms with E-state index in [1.807, 2.05) is 20.8 Å².